The quantitative estimate of drug-likeness (QED) is 0.327. The summed E-state index contributed by atoms with van der Waals surface area (Å²) in [6.45, 7) is 0.994. The molecule has 1 amide bonds. The predicted molar refractivity (Wildman–Crippen MR) is 113 cm³/mol. The Kier molecular flexibility index (Phi) is 6.32. The van der Waals surface area contributed by atoms with Crippen LogP contribution in [0.2, 0.25) is 0 Å². The lowest BCUT2D eigenvalue weighted by Gasteiger charge is -2.07. The molecule has 11 heteroatoms. The van der Waals surface area contributed by atoms with Gasteiger partial charge in [-0.05, 0) is 23.8 Å². The zero-order valence-corrected chi connectivity index (χ0v) is 17.1. The van der Waals surface area contributed by atoms with E-state index < -0.39 is 0 Å². The molecule has 3 heterocycles. The van der Waals surface area contributed by atoms with Gasteiger partial charge in [0.05, 0.1) is 25.0 Å². The molecule has 4 rings (SSSR count). The summed E-state index contributed by atoms with van der Waals surface area (Å²) in [6, 6.07) is 7.67. The Labute approximate surface area is 180 Å². The molecule has 3 aromatic heterocycles. The molecule has 0 unspecified atom stereocenters. The molecule has 31 heavy (non-hydrogen) atoms. The van der Waals surface area contributed by atoms with E-state index in [-0.39, 0.29) is 29.6 Å². The molecule has 0 aliphatic heterocycles. The number of hydrogen-bond donors (Lipinski definition) is 1. The number of carbonyl (C=O) groups is 1. The number of rotatable bonds is 8. The standard InChI is InChI=1S/C20H18FN7O2S/c21-15-4-2-14(3-5-15)11-27-13-25-18-16(19(27)30)10-26-28(18)9-8-22-17(29)12-31-20-23-6-1-7-24-20/h1-7,10,13H,8-9,11-12H2,(H,22,29). The molecule has 0 saturated carbocycles. The van der Waals surface area contributed by atoms with E-state index in [1.807, 2.05) is 0 Å². The molecule has 4 aromatic rings. The van der Waals surface area contributed by atoms with Crippen molar-refractivity contribution in [3.63, 3.8) is 0 Å². The third-order valence-electron chi connectivity index (χ3n) is 4.41. The molecule has 0 atom stereocenters. The van der Waals surface area contributed by atoms with E-state index in [1.54, 1.807) is 35.3 Å². The Hall–Kier alpha value is -3.60. The van der Waals surface area contributed by atoms with Gasteiger partial charge in [0.1, 0.15) is 17.5 Å². The van der Waals surface area contributed by atoms with Crippen molar-refractivity contribution >= 4 is 28.7 Å². The van der Waals surface area contributed by atoms with E-state index in [1.165, 1.54) is 41.0 Å². The minimum Gasteiger partial charge on any atom is -0.354 e. The fourth-order valence-electron chi connectivity index (χ4n) is 2.90. The lowest BCUT2D eigenvalue weighted by Crippen LogP contribution is -2.29. The lowest BCUT2D eigenvalue weighted by atomic mass is 10.2. The van der Waals surface area contributed by atoms with Crippen molar-refractivity contribution in [3.05, 3.63) is 77.0 Å². The number of amides is 1. The highest BCUT2D eigenvalue weighted by molar-refractivity contribution is 7.99. The minimum atomic E-state index is -0.329. The van der Waals surface area contributed by atoms with Crippen molar-refractivity contribution in [2.75, 3.05) is 12.3 Å². The summed E-state index contributed by atoms with van der Waals surface area (Å²) in [5, 5.41) is 7.94. The van der Waals surface area contributed by atoms with Crippen LogP contribution in [-0.2, 0) is 17.9 Å². The Bertz CT molecular complexity index is 1240. The molecule has 0 bridgehead atoms. The fraction of sp³-hybridized carbons (Fsp3) is 0.200. The van der Waals surface area contributed by atoms with Crippen molar-refractivity contribution in [2.24, 2.45) is 0 Å². The van der Waals surface area contributed by atoms with E-state index in [0.29, 0.717) is 29.3 Å². The molecule has 0 spiro atoms. The van der Waals surface area contributed by atoms with Crippen LogP contribution in [0.15, 0.2) is 65.2 Å². The number of carbonyl (C=O) groups excluding carboxylic acids is 1. The number of benzene rings is 1. The van der Waals surface area contributed by atoms with Crippen LogP contribution in [0.25, 0.3) is 11.0 Å². The number of halogens is 1. The van der Waals surface area contributed by atoms with E-state index in [4.69, 9.17) is 0 Å². The van der Waals surface area contributed by atoms with Gasteiger partial charge in [0.2, 0.25) is 5.91 Å². The van der Waals surface area contributed by atoms with Crippen LogP contribution >= 0.6 is 11.8 Å². The van der Waals surface area contributed by atoms with Gasteiger partial charge < -0.3 is 5.32 Å². The van der Waals surface area contributed by atoms with Crippen LogP contribution in [0.5, 0.6) is 0 Å². The zero-order chi connectivity index (χ0) is 21.6. The Morgan fingerprint density at radius 1 is 1.13 bits per heavy atom. The number of nitrogens with zero attached hydrogens (tertiary/aromatic N) is 6. The van der Waals surface area contributed by atoms with Gasteiger partial charge in [-0.15, -0.1) is 0 Å². The van der Waals surface area contributed by atoms with Crippen molar-refractivity contribution in [1.29, 1.82) is 0 Å². The van der Waals surface area contributed by atoms with Crippen molar-refractivity contribution in [2.45, 2.75) is 18.2 Å². The summed E-state index contributed by atoms with van der Waals surface area (Å²) < 4.78 is 16.1. The van der Waals surface area contributed by atoms with Gasteiger partial charge in [0.15, 0.2) is 10.8 Å². The molecular weight excluding hydrogens is 421 g/mol. The highest BCUT2D eigenvalue weighted by Crippen LogP contribution is 2.10. The summed E-state index contributed by atoms with van der Waals surface area (Å²) in [4.78, 5) is 37.2. The van der Waals surface area contributed by atoms with E-state index in [0.717, 1.165) is 5.56 Å². The molecule has 1 N–H and O–H groups in total. The third kappa shape index (κ3) is 5.12. The first kappa shape index (κ1) is 20.7. The Morgan fingerprint density at radius 3 is 2.68 bits per heavy atom. The molecule has 0 aliphatic carbocycles. The molecule has 0 radical (unpaired) electrons. The topological polar surface area (TPSA) is 108 Å². The maximum atomic E-state index is 13.1. The predicted octanol–water partition coefficient (Wildman–Crippen LogP) is 1.48. The second-order valence-corrected chi connectivity index (χ2v) is 7.52. The largest absolute Gasteiger partial charge is 0.354 e. The maximum Gasteiger partial charge on any atom is 0.264 e. The van der Waals surface area contributed by atoms with Gasteiger partial charge in [-0.3, -0.25) is 14.2 Å². The minimum absolute atomic E-state index is 0.150. The number of fused-ring (bicyclic) bond motifs is 1. The van der Waals surface area contributed by atoms with Crippen LogP contribution < -0.4 is 10.9 Å². The fourth-order valence-corrected chi connectivity index (χ4v) is 3.54. The van der Waals surface area contributed by atoms with Gasteiger partial charge in [0.25, 0.3) is 5.56 Å². The molecule has 0 aliphatic rings. The lowest BCUT2D eigenvalue weighted by molar-refractivity contribution is -0.118. The van der Waals surface area contributed by atoms with Crippen molar-refractivity contribution < 1.29 is 9.18 Å². The highest BCUT2D eigenvalue weighted by atomic mass is 32.2. The molecule has 158 valence electrons. The average Bonchev–Trinajstić information content (AvgIpc) is 3.20. The summed E-state index contributed by atoms with van der Waals surface area (Å²) in [6.07, 6.45) is 6.16. The van der Waals surface area contributed by atoms with Crippen LogP contribution in [0.3, 0.4) is 0 Å². The van der Waals surface area contributed by atoms with Gasteiger partial charge >= 0.3 is 0 Å². The molecule has 9 nitrogen and oxygen atoms in total. The van der Waals surface area contributed by atoms with Gasteiger partial charge in [-0.1, -0.05) is 23.9 Å². The van der Waals surface area contributed by atoms with Crippen LogP contribution in [0.4, 0.5) is 4.39 Å². The monoisotopic (exact) mass is 439 g/mol. The first-order valence-corrected chi connectivity index (χ1v) is 10.4. The van der Waals surface area contributed by atoms with Gasteiger partial charge in [0, 0.05) is 18.9 Å². The van der Waals surface area contributed by atoms with E-state index in [9.17, 15) is 14.0 Å². The Morgan fingerprint density at radius 2 is 1.90 bits per heavy atom. The summed E-state index contributed by atoms with van der Waals surface area (Å²) in [7, 11) is 0. The summed E-state index contributed by atoms with van der Waals surface area (Å²) in [5.74, 6) is -0.274. The van der Waals surface area contributed by atoms with E-state index in [2.05, 4.69) is 25.4 Å². The van der Waals surface area contributed by atoms with Gasteiger partial charge in [-0.25, -0.2) is 24.0 Å². The number of thioether (sulfide) groups is 1. The highest BCUT2D eigenvalue weighted by Gasteiger charge is 2.11. The first-order chi connectivity index (χ1) is 15.1. The normalized spacial score (nSPS) is 11.0. The van der Waals surface area contributed by atoms with Crippen molar-refractivity contribution in [3.8, 4) is 0 Å². The third-order valence-corrected chi connectivity index (χ3v) is 5.28. The smallest absolute Gasteiger partial charge is 0.264 e. The van der Waals surface area contributed by atoms with Crippen LogP contribution in [-0.4, -0.2) is 47.5 Å². The van der Waals surface area contributed by atoms with Crippen LogP contribution in [0.1, 0.15) is 5.56 Å². The van der Waals surface area contributed by atoms with Gasteiger partial charge in [-0.2, -0.15) is 5.10 Å². The Balaban J connectivity index is 1.35. The number of nitrogens with one attached hydrogen (secondary N) is 1. The second-order valence-electron chi connectivity index (χ2n) is 6.58. The number of aromatic nitrogens is 6. The maximum absolute atomic E-state index is 13.1. The molecule has 1 aromatic carbocycles. The second kappa shape index (κ2) is 9.47. The summed E-state index contributed by atoms with van der Waals surface area (Å²) in [5.41, 5.74) is 1.00. The summed E-state index contributed by atoms with van der Waals surface area (Å²) >= 11 is 1.25. The molecule has 0 saturated heterocycles. The SMILES string of the molecule is O=C(CSc1ncccn1)NCCn1ncc2c(=O)n(Cc3ccc(F)cc3)cnc21. The first-order valence-electron chi connectivity index (χ1n) is 9.42. The van der Waals surface area contributed by atoms with Crippen molar-refractivity contribution in [1.82, 2.24) is 34.6 Å². The molecule has 0 fully saturated rings. The zero-order valence-electron chi connectivity index (χ0n) is 16.3. The van der Waals surface area contributed by atoms with E-state index >= 15 is 0 Å². The average molecular weight is 439 g/mol. The van der Waals surface area contributed by atoms with Crippen LogP contribution in [0, 0.1) is 5.82 Å². The number of hydrogen-bond acceptors (Lipinski definition) is 7. The molecular formula is C20H18FN7O2S.